The Kier molecular flexibility index (Phi) is 11.9. The maximum atomic E-state index is 13.6. The van der Waals surface area contributed by atoms with E-state index in [1.165, 1.54) is 0 Å². The smallest absolute Gasteiger partial charge is 0.416 e. The number of nitrogens with one attached hydrogen (secondary N) is 2. The molecule has 0 amide bonds. The minimum Gasteiger partial charge on any atom is -1.00 e. The predicted molar refractivity (Wildman–Crippen MR) is 179 cm³/mol. The molecular formula is C36H30BrF6N2PS. The summed E-state index contributed by atoms with van der Waals surface area (Å²) in [5, 5.41) is 8.09. The molecule has 5 aromatic carbocycles. The SMILES string of the molecule is FC(F)(F)c1cc(NC(=S)N[C@H](C[P+](Cc2ccccc2)(c2ccccc2)c2ccccc2)c2ccccc2)cc(C(F)(F)F)c1.[Br-]. The van der Waals surface area contributed by atoms with Crippen LogP contribution in [0.5, 0.6) is 0 Å². The van der Waals surface area contributed by atoms with Gasteiger partial charge in [-0.05, 0) is 65.8 Å². The number of alkyl halides is 6. The summed E-state index contributed by atoms with van der Waals surface area (Å²) < 4.78 is 81.3. The molecule has 47 heavy (non-hydrogen) atoms. The van der Waals surface area contributed by atoms with Gasteiger partial charge in [-0.25, -0.2) is 0 Å². The van der Waals surface area contributed by atoms with E-state index in [9.17, 15) is 26.3 Å². The van der Waals surface area contributed by atoms with Crippen molar-refractivity contribution in [2.75, 3.05) is 11.5 Å². The van der Waals surface area contributed by atoms with Gasteiger partial charge < -0.3 is 27.6 Å². The van der Waals surface area contributed by atoms with Crippen LogP contribution in [0.1, 0.15) is 28.3 Å². The summed E-state index contributed by atoms with van der Waals surface area (Å²) in [5.74, 6) is 0. The predicted octanol–water partition coefficient (Wildman–Crippen LogP) is 6.62. The number of anilines is 1. The van der Waals surface area contributed by atoms with Gasteiger partial charge in [-0.2, -0.15) is 26.3 Å². The summed E-state index contributed by atoms with van der Waals surface area (Å²) in [6, 6.07) is 40.9. The van der Waals surface area contributed by atoms with Crippen molar-refractivity contribution >= 4 is 40.9 Å². The van der Waals surface area contributed by atoms with Gasteiger partial charge in [0.1, 0.15) is 0 Å². The zero-order valence-electron chi connectivity index (χ0n) is 24.8. The molecule has 0 heterocycles. The van der Waals surface area contributed by atoms with Crippen LogP contribution in [0.25, 0.3) is 0 Å². The van der Waals surface area contributed by atoms with E-state index in [2.05, 4.69) is 47.0 Å². The van der Waals surface area contributed by atoms with E-state index in [1.54, 1.807) is 0 Å². The Hall–Kier alpha value is -3.72. The molecule has 0 bridgehead atoms. The summed E-state index contributed by atoms with van der Waals surface area (Å²) in [4.78, 5) is 0. The van der Waals surface area contributed by atoms with Gasteiger partial charge in [0.05, 0.1) is 47.4 Å². The standard InChI is InChI=1S/C36H29F6N2PS.BrH/c37-35(38,39)28-21-29(36(40,41)42)23-30(22-28)43-34(46)44-33(27-15-7-2-8-16-27)25-45(31-17-9-3-10-18-31,32-19-11-4-12-20-32)24-26-13-5-1-6-14-26;/h1-23,33H,24-25H2,(H-,43,44,46);1H/t33-;/m1./s1. The van der Waals surface area contributed by atoms with E-state index in [0.717, 1.165) is 27.9 Å². The average Bonchev–Trinajstić information content (AvgIpc) is 3.05. The lowest BCUT2D eigenvalue weighted by atomic mass is 10.1. The Morgan fingerprint density at radius 3 is 1.49 bits per heavy atom. The van der Waals surface area contributed by atoms with E-state index in [1.807, 2.05) is 84.9 Å². The lowest BCUT2D eigenvalue weighted by Gasteiger charge is -2.32. The van der Waals surface area contributed by atoms with Crippen LogP contribution in [0.4, 0.5) is 32.0 Å². The van der Waals surface area contributed by atoms with Crippen molar-refractivity contribution in [3.05, 3.63) is 162 Å². The van der Waals surface area contributed by atoms with E-state index in [4.69, 9.17) is 12.2 Å². The molecule has 5 rings (SSSR count). The Labute approximate surface area is 286 Å². The molecule has 0 unspecified atom stereocenters. The fourth-order valence-electron chi connectivity index (χ4n) is 5.51. The topological polar surface area (TPSA) is 24.1 Å². The van der Waals surface area contributed by atoms with E-state index >= 15 is 0 Å². The molecule has 0 aliphatic carbocycles. The fourth-order valence-corrected chi connectivity index (χ4v) is 10.2. The first kappa shape index (κ1) is 36.1. The minimum absolute atomic E-state index is 0. The highest BCUT2D eigenvalue weighted by molar-refractivity contribution is 7.88. The van der Waals surface area contributed by atoms with Crippen LogP contribution in [0.2, 0.25) is 0 Å². The largest absolute Gasteiger partial charge is 1.00 e. The van der Waals surface area contributed by atoms with Gasteiger partial charge in [0.2, 0.25) is 0 Å². The maximum absolute atomic E-state index is 13.6. The second-order valence-corrected chi connectivity index (χ2v) is 14.9. The molecule has 2 nitrogen and oxygen atoms in total. The van der Waals surface area contributed by atoms with Gasteiger partial charge in [0, 0.05) is 5.69 Å². The summed E-state index contributed by atoms with van der Waals surface area (Å²) >= 11 is 5.57. The molecule has 0 aliphatic rings. The summed E-state index contributed by atoms with van der Waals surface area (Å²) in [7, 11) is -2.29. The summed E-state index contributed by atoms with van der Waals surface area (Å²) in [6.07, 6.45) is -8.69. The molecule has 0 saturated carbocycles. The van der Waals surface area contributed by atoms with Crippen molar-refractivity contribution in [2.45, 2.75) is 24.6 Å². The van der Waals surface area contributed by atoms with Gasteiger partial charge in [0.15, 0.2) is 5.11 Å². The van der Waals surface area contributed by atoms with Crippen molar-refractivity contribution in [1.29, 1.82) is 0 Å². The lowest BCUT2D eigenvalue weighted by Crippen LogP contribution is -3.00. The first-order valence-electron chi connectivity index (χ1n) is 14.4. The quantitative estimate of drug-likeness (QED) is 0.101. The average molecular weight is 748 g/mol. The Morgan fingerprint density at radius 1 is 0.617 bits per heavy atom. The van der Waals surface area contributed by atoms with Crippen LogP contribution < -0.4 is 38.2 Å². The van der Waals surface area contributed by atoms with Crippen molar-refractivity contribution in [3.8, 4) is 0 Å². The molecule has 0 aliphatic heterocycles. The van der Waals surface area contributed by atoms with Crippen molar-refractivity contribution in [1.82, 2.24) is 5.32 Å². The molecule has 0 fully saturated rings. The Bertz CT molecular complexity index is 1670. The molecular weight excluding hydrogens is 717 g/mol. The highest BCUT2D eigenvalue weighted by Gasteiger charge is 2.45. The molecule has 2 N–H and O–H groups in total. The fraction of sp³-hybridized carbons (Fsp3) is 0.139. The van der Waals surface area contributed by atoms with E-state index < -0.39 is 42.5 Å². The van der Waals surface area contributed by atoms with Gasteiger partial charge >= 0.3 is 12.4 Å². The summed E-state index contributed by atoms with van der Waals surface area (Å²) in [5.41, 5.74) is -1.25. The highest BCUT2D eigenvalue weighted by Crippen LogP contribution is 2.61. The number of halogens is 7. The van der Waals surface area contributed by atoms with Gasteiger partial charge in [0.25, 0.3) is 0 Å². The second kappa shape index (κ2) is 15.5. The maximum Gasteiger partial charge on any atom is 0.416 e. The van der Waals surface area contributed by atoms with Gasteiger partial charge in [-0.1, -0.05) is 97.1 Å². The van der Waals surface area contributed by atoms with Crippen LogP contribution in [0.3, 0.4) is 0 Å². The first-order valence-corrected chi connectivity index (χ1v) is 16.9. The molecule has 5 aromatic rings. The van der Waals surface area contributed by atoms with Gasteiger partial charge in [-0.3, -0.25) is 0 Å². The number of thiocarbonyl (C=S) groups is 1. The third kappa shape index (κ3) is 9.21. The molecule has 244 valence electrons. The normalized spacial score (nSPS) is 12.5. The van der Waals surface area contributed by atoms with E-state index in [-0.39, 0.29) is 28.2 Å². The van der Waals surface area contributed by atoms with Crippen molar-refractivity contribution < 1.29 is 43.3 Å². The molecule has 0 aromatic heterocycles. The first-order chi connectivity index (χ1) is 21.9. The van der Waals surface area contributed by atoms with E-state index in [0.29, 0.717) is 18.3 Å². The molecule has 0 radical (unpaired) electrons. The number of benzene rings is 5. The third-order valence-electron chi connectivity index (χ3n) is 7.64. The monoisotopic (exact) mass is 746 g/mol. The molecule has 0 saturated heterocycles. The highest BCUT2D eigenvalue weighted by atomic mass is 79.9. The second-order valence-electron chi connectivity index (χ2n) is 10.8. The molecule has 0 spiro atoms. The lowest BCUT2D eigenvalue weighted by molar-refractivity contribution is -0.143. The zero-order valence-corrected chi connectivity index (χ0v) is 28.1. The van der Waals surface area contributed by atoms with Crippen LogP contribution in [0, 0.1) is 0 Å². The summed E-state index contributed by atoms with van der Waals surface area (Å²) in [6.45, 7) is 0. The zero-order chi connectivity index (χ0) is 32.8. The molecule has 1 atom stereocenters. The third-order valence-corrected chi connectivity index (χ3v) is 12.3. The Balaban J connectivity index is 0.00000500. The van der Waals surface area contributed by atoms with Crippen LogP contribution in [-0.4, -0.2) is 11.3 Å². The number of hydrogen-bond acceptors (Lipinski definition) is 1. The van der Waals surface area contributed by atoms with Crippen LogP contribution >= 0.6 is 19.5 Å². The number of hydrogen-bond donors (Lipinski definition) is 2. The van der Waals surface area contributed by atoms with Crippen LogP contribution in [-0.2, 0) is 18.5 Å². The van der Waals surface area contributed by atoms with Crippen molar-refractivity contribution in [3.63, 3.8) is 0 Å². The van der Waals surface area contributed by atoms with Crippen LogP contribution in [0.15, 0.2) is 140 Å². The van der Waals surface area contributed by atoms with Crippen molar-refractivity contribution in [2.24, 2.45) is 0 Å². The minimum atomic E-state index is -4.98. The molecule has 11 heteroatoms. The van der Waals surface area contributed by atoms with Gasteiger partial charge in [-0.15, -0.1) is 0 Å². The Morgan fingerprint density at radius 2 is 1.04 bits per heavy atom. The number of rotatable bonds is 9.